The molecular weight excluding hydrogens is 182 g/mol. The van der Waals surface area contributed by atoms with Gasteiger partial charge < -0.3 is 9.78 Å². The molecule has 1 aromatic rings. The standard InChI is InChI=1S/C6H6BrNO/c7-5-3-6(1-2-9)8-4-5/h2-4,8H,1H2. The minimum atomic E-state index is 0.464. The summed E-state index contributed by atoms with van der Waals surface area (Å²) in [6, 6.07) is 1.88. The van der Waals surface area contributed by atoms with Gasteiger partial charge >= 0.3 is 0 Å². The van der Waals surface area contributed by atoms with Crippen molar-refractivity contribution in [1.82, 2.24) is 4.98 Å². The summed E-state index contributed by atoms with van der Waals surface area (Å²) in [5.74, 6) is 0. The summed E-state index contributed by atoms with van der Waals surface area (Å²) in [5.41, 5.74) is 0.942. The predicted molar refractivity (Wildman–Crippen MR) is 38.3 cm³/mol. The molecule has 0 aliphatic rings. The molecule has 2 nitrogen and oxygen atoms in total. The van der Waals surface area contributed by atoms with E-state index in [1.807, 2.05) is 6.07 Å². The molecule has 0 aliphatic heterocycles. The van der Waals surface area contributed by atoms with Crippen LogP contribution in [0.25, 0.3) is 0 Å². The van der Waals surface area contributed by atoms with E-state index in [2.05, 4.69) is 20.9 Å². The van der Waals surface area contributed by atoms with E-state index in [0.29, 0.717) is 6.42 Å². The third kappa shape index (κ3) is 1.68. The zero-order valence-corrected chi connectivity index (χ0v) is 6.31. The van der Waals surface area contributed by atoms with E-state index in [0.717, 1.165) is 16.5 Å². The van der Waals surface area contributed by atoms with Gasteiger partial charge in [-0.3, -0.25) is 0 Å². The van der Waals surface area contributed by atoms with Gasteiger partial charge in [0.05, 0.1) is 0 Å². The van der Waals surface area contributed by atoms with Gasteiger partial charge in [-0.25, -0.2) is 0 Å². The Labute approximate surface area is 61.4 Å². The second kappa shape index (κ2) is 2.82. The smallest absolute Gasteiger partial charge is 0.125 e. The maximum atomic E-state index is 9.95. The van der Waals surface area contributed by atoms with Crippen molar-refractivity contribution in [1.29, 1.82) is 0 Å². The van der Waals surface area contributed by atoms with Crippen molar-refractivity contribution in [2.75, 3.05) is 0 Å². The van der Waals surface area contributed by atoms with E-state index in [4.69, 9.17) is 0 Å². The molecule has 1 N–H and O–H groups in total. The molecular formula is C6H6BrNO. The van der Waals surface area contributed by atoms with E-state index >= 15 is 0 Å². The number of aromatic amines is 1. The number of aromatic nitrogens is 1. The summed E-state index contributed by atoms with van der Waals surface area (Å²) < 4.78 is 0.986. The van der Waals surface area contributed by atoms with E-state index in [1.165, 1.54) is 0 Å². The molecule has 0 atom stereocenters. The number of halogens is 1. The number of rotatable bonds is 2. The Hall–Kier alpha value is -0.570. The molecule has 0 unspecified atom stereocenters. The molecule has 0 radical (unpaired) electrons. The van der Waals surface area contributed by atoms with Crippen LogP contribution in [0.3, 0.4) is 0 Å². The molecule has 1 rings (SSSR count). The summed E-state index contributed by atoms with van der Waals surface area (Å²) in [6.45, 7) is 0. The maximum absolute atomic E-state index is 9.95. The highest BCUT2D eigenvalue weighted by Crippen LogP contribution is 2.09. The van der Waals surface area contributed by atoms with Gasteiger partial charge in [0.25, 0.3) is 0 Å². The molecule has 0 aromatic carbocycles. The van der Waals surface area contributed by atoms with Crippen LogP contribution in [0, 0.1) is 0 Å². The number of hydrogen-bond donors (Lipinski definition) is 1. The molecule has 0 saturated carbocycles. The molecule has 0 bridgehead atoms. The fraction of sp³-hybridized carbons (Fsp3) is 0.167. The van der Waals surface area contributed by atoms with Crippen LogP contribution in [0.1, 0.15) is 5.69 Å². The highest BCUT2D eigenvalue weighted by atomic mass is 79.9. The van der Waals surface area contributed by atoms with Gasteiger partial charge in [-0.15, -0.1) is 0 Å². The Kier molecular flexibility index (Phi) is 2.05. The number of H-pyrrole nitrogens is 1. The van der Waals surface area contributed by atoms with Crippen molar-refractivity contribution in [2.45, 2.75) is 6.42 Å². The van der Waals surface area contributed by atoms with Crippen molar-refractivity contribution in [3.8, 4) is 0 Å². The van der Waals surface area contributed by atoms with Gasteiger partial charge in [-0.05, 0) is 22.0 Å². The number of aldehydes is 1. The lowest BCUT2D eigenvalue weighted by Gasteiger charge is -1.81. The van der Waals surface area contributed by atoms with E-state index < -0.39 is 0 Å². The Balaban J connectivity index is 2.72. The van der Waals surface area contributed by atoms with Crippen molar-refractivity contribution in [2.24, 2.45) is 0 Å². The lowest BCUT2D eigenvalue weighted by molar-refractivity contribution is -0.107. The third-order valence-electron chi connectivity index (χ3n) is 1.01. The van der Waals surface area contributed by atoms with Crippen LogP contribution in [0.15, 0.2) is 16.7 Å². The van der Waals surface area contributed by atoms with Crippen molar-refractivity contribution in [3.05, 3.63) is 22.4 Å². The summed E-state index contributed by atoms with van der Waals surface area (Å²) in [5, 5.41) is 0. The Morgan fingerprint density at radius 1 is 1.78 bits per heavy atom. The molecule has 0 saturated heterocycles. The van der Waals surface area contributed by atoms with Crippen molar-refractivity contribution in [3.63, 3.8) is 0 Å². The minimum Gasteiger partial charge on any atom is -0.364 e. The molecule has 1 aromatic heterocycles. The first-order valence-electron chi connectivity index (χ1n) is 2.59. The molecule has 48 valence electrons. The van der Waals surface area contributed by atoms with Crippen LogP contribution in [-0.2, 0) is 11.2 Å². The molecule has 9 heavy (non-hydrogen) atoms. The van der Waals surface area contributed by atoms with Gasteiger partial charge in [-0.2, -0.15) is 0 Å². The largest absolute Gasteiger partial charge is 0.364 e. The second-order valence-corrected chi connectivity index (χ2v) is 2.63. The molecule has 1 heterocycles. The van der Waals surface area contributed by atoms with Crippen LogP contribution < -0.4 is 0 Å². The normalized spacial score (nSPS) is 9.44. The molecule has 0 spiro atoms. The molecule has 0 aliphatic carbocycles. The van der Waals surface area contributed by atoms with Crippen LogP contribution in [-0.4, -0.2) is 11.3 Å². The fourth-order valence-electron chi connectivity index (χ4n) is 0.619. The minimum absolute atomic E-state index is 0.464. The van der Waals surface area contributed by atoms with E-state index in [1.54, 1.807) is 6.20 Å². The quantitative estimate of drug-likeness (QED) is 0.701. The van der Waals surface area contributed by atoms with Gasteiger partial charge in [-0.1, -0.05) is 0 Å². The summed E-state index contributed by atoms with van der Waals surface area (Å²) in [4.78, 5) is 12.9. The Bertz CT molecular complexity index is 207. The van der Waals surface area contributed by atoms with Gasteiger partial charge in [0.15, 0.2) is 0 Å². The topological polar surface area (TPSA) is 32.9 Å². The number of carbonyl (C=O) groups is 1. The lowest BCUT2D eigenvalue weighted by Crippen LogP contribution is -1.82. The fourth-order valence-corrected chi connectivity index (χ4v) is 1.01. The van der Waals surface area contributed by atoms with Gasteiger partial charge in [0.1, 0.15) is 6.29 Å². The average molecular weight is 188 g/mol. The summed E-state index contributed by atoms with van der Waals surface area (Å²) in [7, 11) is 0. The van der Waals surface area contributed by atoms with Gasteiger partial charge in [0.2, 0.25) is 0 Å². The summed E-state index contributed by atoms with van der Waals surface area (Å²) in [6.07, 6.45) is 3.14. The van der Waals surface area contributed by atoms with Crippen LogP contribution in [0.4, 0.5) is 0 Å². The Morgan fingerprint density at radius 2 is 2.56 bits per heavy atom. The maximum Gasteiger partial charge on any atom is 0.125 e. The predicted octanol–water partition coefficient (Wildman–Crippen LogP) is 1.52. The van der Waals surface area contributed by atoms with Crippen LogP contribution in [0.2, 0.25) is 0 Å². The second-order valence-electron chi connectivity index (χ2n) is 1.71. The SMILES string of the molecule is O=CCc1cc(Br)c[nH]1. The Morgan fingerprint density at radius 3 is 3.00 bits per heavy atom. The lowest BCUT2D eigenvalue weighted by atomic mass is 10.3. The highest BCUT2D eigenvalue weighted by Gasteiger charge is 1.92. The third-order valence-corrected chi connectivity index (χ3v) is 1.47. The highest BCUT2D eigenvalue weighted by molar-refractivity contribution is 9.10. The van der Waals surface area contributed by atoms with Crippen LogP contribution >= 0.6 is 15.9 Å². The number of nitrogens with one attached hydrogen (secondary N) is 1. The van der Waals surface area contributed by atoms with E-state index in [9.17, 15) is 4.79 Å². The van der Waals surface area contributed by atoms with Crippen molar-refractivity contribution < 1.29 is 4.79 Å². The van der Waals surface area contributed by atoms with Crippen LogP contribution in [0.5, 0.6) is 0 Å². The molecule has 0 amide bonds. The number of hydrogen-bond acceptors (Lipinski definition) is 1. The van der Waals surface area contributed by atoms with E-state index in [-0.39, 0.29) is 0 Å². The molecule has 0 fully saturated rings. The summed E-state index contributed by atoms with van der Waals surface area (Å²) >= 11 is 3.25. The zero-order chi connectivity index (χ0) is 6.69. The first-order chi connectivity index (χ1) is 4.33. The molecule has 3 heteroatoms. The first-order valence-corrected chi connectivity index (χ1v) is 3.38. The zero-order valence-electron chi connectivity index (χ0n) is 4.73. The number of carbonyl (C=O) groups excluding carboxylic acids is 1. The average Bonchev–Trinajstić information content (AvgIpc) is 2.17. The van der Waals surface area contributed by atoms with Crippen molar-refractivity contribution >= 4 is 22.2 Å². The monoisotopic (exact) mass is 187 g/mol. The van der Waals surface area contributed by atoms with Gasteiger partial charge in [0, 0.05) is 22.8 Å². The first kappa shape index (κ1) is 6.55.